The van der Waals surface area contributed by atoms with Gasteiger partial charge in [-0.3, -0.25) is 4.90 Å². The second-order valence-corrected chi connectivity index (χ2v) is 14.1. The number of aromatic nitrogens is 3. The summed E-state index contributed by atoms with van der Waals surface area (Å²) in [6, 6.07) is 14.1. The molecule has 0 spiro atoms. The van der Waals surface area contributed by atoms with Crippen molar-refractivity contribution in [2.75, 3.05) is 24.5 Å². The third-order valence-corrected chi connectivity index (χ3v) is 11.4. The van der Waals surface area contributed by atoms with Crippen LogP contribution < -0.4 is 10.2 Å². The maximum atomic E-state index is 17.0. The van der Waals surface area contributed by atoms with Crippen LogP contribution in [0.1, 0.15) is 55.2 Å². The van der Waals surface area contributed by atoms with Crippen LogP contribution in [-0.2, 0) is 6.42 Å². The molecule has 2 amide bonds. The summed E-state index contributed by atoms with van der Waals surface area (Å²) in [5.74, 6) is -0.764. The van der Waals surface area contributed by atoms with Crippen molar-refractivity contribution in [3.63, 3.8) is 0 Å². The highest BCUT2D eigenvalue weighted by atomic mass is 35.5. The summed E-state index contributed by atoms with van der Waals surface area (Å²) in [4.78, 5) is 26.0. The zero-order valence-electron chi connectivity index (χ0n) is 27.0. The van der Waals surface area contributed by atoms with Gasteiger partial charge in [0.25, 0.3) is 0 Å². The highest BCUT2D eigenvalue weighted by Crippen LogP contribution is 2.50. The van der Waals surface area contributed by atoms with Gasteiger partial charge in [-0.05, 0) is 68.9 Å². The molecule has 12 heteroatoms. The molecule has 3 aliphatic heterocycles. The number of nitrogens with zero attached hydrogens (tertiary/aromatic N) is 6. The lowest BCUT2D eigenvalue weighted by atomic mass is 9.79. The average Bonchev–Trinajstić information content (AvgIpc) is 3.83. The van der Waals surface area contributed by atoms with Crippen molar-refractivity contribution in [3.05, 3.63) is 87.4 Å². The predicted molar refractivity (Wildman–Crippen MR) is 187 cm³/mol. The fourth-order valence-electron chi connectivity index (χ4n) is 8.23. The standard InChI is InChI=1S/C37H33Cl2F2N7O/c1-19-25-17-29(20(2)46-12-5-13-47(37(46)49)23-9-11-43-30(40)16-23)48(35-22-15-28(35)44-18-22)36(25)26-14-21(6-4-10-42)31(33(41)34(26)45-19)24-7-3-8-27(38)32(24)39/h3,7-9,11,14,16-17,20,22,28,35,44H,4-6,12-13,15,18H2,1-2H3/t20-,22-,28-,35+/m1/s1. The van der Waals surface area contributed by atoms with Crippen LogP contribution in [0.15, 0.2) is 48.7 Å². The van der Waals surface area contributed by atoms with Gasteiger partial charge < -0.3 is 14.8 Å². The molecule has 9 rings (SSSR count). The minimum atomic E-state index is -0.638. The van der Waals surface area contributed by atoms with Gasteiger partial charge in [-0.25, -0.2) is 19.2 Å². The lowest BCUT2D eigenvalue weighted by Gasteiger charge is -2.42. The topological polar surface area (TPSA) is 90.1 Å². The number of anilines is 1. The van der Waals surface area contributed by atoms with Crippen LogP contribution in [-0.4, -0.2) is 51.1 Å². The Labute approximate surface area is 292 Å². The van der Waals surface area contributed by atoms with E-state index in [1.54, 1.807) is 29.2 Å². The van der Waals surface area contributed by atoms with Crippen molar-refractivity contribution in [2.24, 2.45) is 5.92 Å². The maximum Gasteiger partial charge on any atom is 0.325 e. The van der Waals surface area contributed by atoms with Crippen LogP contribution in [0.5, 0.6) is 0 Å². The summed E-state index contributed by atoms with van der Waals surface area (Å²) < 4.78 is 33.4. The number of nitrogens with one attached hydrogen (secondary N) is 1. The number of benzene rings is 2. The first-order chi connectivity index (χ1) is 23.7. The third kappa shape index (κ3) is 5.05. The van der Waals surface area contributed by atoms with E-state index in [0.29, 0.717) is 70.3 Å². The minimum Gasteiger partial charge on any atom is -0.337 e. The van der Waals surface area contributed by atoms with Gasteiger partial charge in [0, 0.05) is 77.6 Å². The Morgan fingerprint density at radius 1 is 1.14 bits per heavy atom. The number of hydrogen-bond acceptors (Lipinski definition) is 5. The zero-order valence-corrected chi connectivity index (χ0v) is 28.5. The molecule has 2 aromatic carbocycles. The Kier molecular flexibility index (Phi) is 7.97. The Morgan fingerprint density at radius 2 is 1.98 bits per heavy atom. The largest absolute Gasteiger partial charge is 0.337 e. The van der Waals surface area contributed by atoms with Crippen molar-refractivity contribution in [1.29, 1.82) is 5.26 Å². The molecular formula is C37H33Cl2F2N7O. The number of nitriles is 1. The number of urea groups is 1. The van der Waals surface area contributed by atoms with Gasteiger partial charge in [0.05, 0.1) is 39.4 Å². The Hall–Kier alpha value is -4.30. The van der Waals surface area contributed by atoms with Gasteiger partial charge in [-0.2, -0.15) is 9.65 Å². The highest BCUT2D eigenvalue weighted by molar-refractivity contribution is 6.43. The molecule has 0 radical (unpaired) electrons. The summed E-state index contributed by atoms with van der Waals surface area (Å²) in [5.41, 5.74) is 4.55. The third-order valence-electron chi connectivity index (χ3n) is 10.6. The summed E-state index contributed by atoms with van der Waals surface area (Å²) in [6.45, 7) is 5.80. The van der Waals surface area contributed by atoms with E-state index in [2.05, 4.69) is 27.0 Å². The zero-order chi connectivity index (χ0) is 34.1. The number of hydrogen-bond donors (Lipinski definition) is 1. The van der Waals surface area contributed by atoms with Gasteiger partial charge in [-0.1, -0.05) is 35.3 Å². The summed E-state index contributed by atoms with van der Waals surface area (Å²) >= 11 is 13.0. The monoisotopic (exact) mass is 699 g/mol. The molecule has 4 fully saturated rings. The molecule has 6 heterocycles. The van der Waals surface area contributed by atoms with Gasteiger partial charge in [0.1, 0.15) is 5.52 Å². The van der Waals surface area contributed by atoms with E-state index in [-0.39, 0.29) is 41.1 Å². The molecule has 5 aromatic rings. The van der Waals surface area contributed by atoms with E-state index in [4.69, 9.17) is 28.2 Å². The molecule has 3 saturated heterocycles. The smallest absolute Gasteiger partial charge is 0.325 e. The lowest BCUT2D eigenvalue weighted by Crippen LogP contribution is -2.51. The quantitative estimate of drug-likeness (QED) is 0.172. The summed E-state index contributed by atoms with van der Waals surface area (Å²) in [5, 5.41) is 15.3. The molecule has 1 N–H and O–H groups in total. The van der Waals surface area contributed by atoms with Crippen LogP contribution in [0.2, 0.25) is 10.0 Å². The summed E-state index contributed by atoms with van der Waals surface area (Å²) in [6.07, 6.45) is 3.62. The van der Waals surface area contributed by atoms with Crippen LogP contribution in [0, 0.1) is 35.9 Å². The second kappa shape index (κ2) is 12.2. The van der Waals surface area contributed by atoms with Gasteiger partial charge in [0.2, 0.25) is 5.95 Å². The Bertz CT molecular complexity index is 2200. The molecule has 4 aliphatic rings. The van der Waals surface area contributed by atoms with Crippen molar-refractivity contribution in [3.8, 4) is 17.2 Å². The fraction of sp³-hybridized carbons (Fsp3) is 0.351. The molecule has 3 aromatic heterocycles. The first-order valence-corrected chi connectivity index (χ1v) is 17.3. The van der Waals surface area contributed by atoms with Crippen molar-refractivity contribution < 1.29 is 13.6 Å². The minimum absolute atomic E-state index is 0.109. The predicted octanol–water partition coefficient (Wildman–Crippen LogP) is 8.53. The first kappa shape index (κ1) is 31.9. The average molecular weight is 701 g/mol. The molecule has 250 valence electrons. The van der Waals surface area contributed by atoms with E-state index in [9.17, 15) is 14.4 Å². The Morgan fingerprint density at radius 3 is 2.71 bits per heavy atom. The highest BCUT2D eigenvalue weighted by Gasteiger charge is 2.49. The maximum absolute atomic E-state index is 17.0. The molecule has 1 saturated carbocycles. The van der Waals surface area contributed by atoms with Gasteiger partial charge in [-0.15, -0.1) is 0 Å². The van der Waals surface area contributed by atoms with Crippen LogP contribution >= 0.6 is 23.2 Å². The second-order valence-electron chi connectivity index (χ2n) is 13.3. The molecule has 49 heavy (non-hydrogen) atoms. The molecule has 4 atom stereocenters. The SMILES string of the molecule is Cc1nc2c(F)c(-c3cccc(Cl)c3Cl)c(CCC#N)cc2c2c1cc([C@@H](C)N1CCCN(c3ccnc(F)c3)C1=O)n2[C@H]1[C@H]2CN[C@@H]1C2. The number of fused-ring (bicyclic) bond motifs is 4. The molecule has 0 unspecified atom stereocenters. The van der Waals surface area contributed by atoms with E-state index in [0.717, 1.165) is 29.6 Å². The van der Waals surface area contributed by atoms with Gasteiger partial charge >= 0.3 is 6.03 Å². The van der Waals surface area contributed by atoms with Crippen molar-refractivity contribution in [2.45, 2.75) is 57.7 Å². The van der Waals surface area contributed by atoms with E-state index >= 15 is 4.39 Å². The fourth-order valence-corrected chi connectivity index (χ4v) is 8.62. The lowest BCUT2D eigenvalue weighted by molar-refractivity contribution is 0.165. The summed E-state index contributed by atoms with van der Waals surface area (Å²) in [7, 11) is 0. The number of halogens is 4. The molecular weight excluding hydrogens is 667 g/mol. The molecule has 1 aliphatic carbocycles. The Balaban J connectivity index is 1.34. The normalized spacial score (nSPS) is 21.0. The van der Waals surface area contributed by atoms with E-state index in [1.165, 1.54) is 12.3 Å². The van der Waals surface area contributed by atoms with Crippen LogP contribution in [0.25, 0.3) is 32.9 Å². The molecule has 8 nitrogen and oxygen atoms in total. The van der Waals surface area contributed by atoms with Crippen molar-refractivity contribution >= 4 is 56.7 Å². The van der Waals surface area contributed by atoms with Crippen LogP contribution in [0.3, 0.4) is 0 Å². The number of pyridine rings is 2. The number of carbonyl (C=O) groups excluding carboxylic acids is 1. The molecule has 2 bridgehead atoms. The van der Waals surface area contributed by atoms with E-state index in [1.807, 2.05) is 24.8 Å². The number of amides is 2. The number of carbonyl (C=O) groups is 1. The number of aryl methyl sites for hydroxylation is 2. The van der Waals surface area contributed by atoms with E-state index < -0.39 is 11.8 Å². The van der Waals surface area contributed by atoms with Crippen molar-refractivity contribution in [1.82, 2.24) is 24.8 Å². The van der Waals surface area contributed by atoms with Gasteiger partial charge in [0.15, 0.2) is 5.82 Å². The number of rotatable bonds is 7. The first-order valence-electron chi connectivity index (χ1n) is 16.6. The van der Waals surface area contributed by atoms with Crippen LogP contribution in [0.4, 0.5) is 19.3 Å².